The van der Waals surface area contributed by atoms with Gasteiger partial charge in [-0.3, -0.25) is 0 Å². The van der Waals surface area contributed by atoms with Crippen molar-refractivity contribution in [2.75, 3.05) is 11.9 Å². The van der Waals surface area contributed by atoms with E-state index in [9.17, 15) is 9.90 Å². The van der Waals surface area contributed by atoms with Crippen LogP contribution in [0.15, 0.2) is 48.5 Å². The molecule has 0 aliphatic rings. The van der Waals surface area contributed by atoms with E-state index in [1.165, 1.54) is 0 Å². The number of rotatable bonds is 8. The molecule has 3 rings (SSSR count). The molecule has 0 saturated heterocycles. The van der Waals surface area contributed by atoms with Crippen molar-refractivity contribution in [2.24, 2.45) is 0 Å². The molecule has 0 radical (unpaired) electrons. The third-order valence-corrected chi connectivity index (χ3v) is 4.59. The van der Waals surface area contributed by atoms with Gasteiger partial charge in [0.15, 0.2) is 6.10 Å². The van der Waals surface area contributed by atoms with Crippen LogP contribution in [0.1, 0.15) is 32.0 Å². The number of unbranched alkanes of at least 4 members (excludes halogenated alkanes) is 1. The lowest BCUT2D eigenvalue weighted by atomic mass is 10.1. The van der Waals surface area contributed by atoms with Crippen LogP contribution < -0.4 is 9.64 Å². The van der Waals surface area contributed by atoms with Crippen molar-refractivity contribution in [3.8, 4) is 5.75 Å². The van der Waals surface area contributed by atoms with E-state index in [1.807, 2.05) is 68.3 Å². The summed E-state index contributed by atoms with van der Waals surface area (Å²) in [5.74, 6) is 1.08. The molecule has 28 heavy (non-hydrogen) atoms. The first-order chi connectivity index (χ1) is 13.5. The van der Waals surface area contributed by atoms with Gasteiger partial charge < -0.3 is 14.7 Å². The molecule has 0 amide bonds. The monoisotopic (exact) mass is 379 g/mol. The fraction of sp³-hybridized carbons (Fsp3) is 0.318. The van der Waals surface area contributed by atoms with E-state index >= 15 is 0 Å². The van der Waals surface area contributed by atoms with Crippen LogP contribution in [0.3, 0.4) is 0 Å². The number of ether oxygens (including phenoxy) is 1. The maximum absolute atomic E-state index is 11.5. The normalized spacial score (nSPS) is 12.0. The highest BCUT2D eigenvalue weighted by atomic mass is 16.5. The summed E-state index contributed by atoms with van der Waals surface area (Å²) < 4.78 is 5.76. The van der Waals surface area contributed by atoms with Crippen LogP contribution in [0, 0.1) is 6.92 Å². The van der Waals surface area contributed by atoms with Gasteiger partial charge in [-0.25, -0.2) is 14.8 Å². The van der Waals surface area contributed by atoms with Crippen molar-refractivity contribution < 1.29 is 14.6 Å². The van der Waals surface area contributed by atoms with E-state index in [4.69, 9.17) is 4.74 Å². The molecule has 1 heterocycles. The smallest absolute Gasteiger partial charge is 0.344 e. The Hall–Kier alpha value is -3.15. The molecule has 146 valence electrons. The van der Waals surface area contributed by atoms with Crippen LogP contribution in [0.5, 0.6) is 5.75 Å². The van der Waals surface area contributed by atoms with Crippen molar-refractivity contribution in [3.63, 3.8) is 0 Å². The number of fused-ring (bicyclic) bond motifs is 1. The zero-order chi connectivity index (χ0) is 20.1. The highest BCUT2D eigenvalue weighted by Gasteiger charge is 2.19. The zero-order valence-electron chi connectivity index (χ0n) is 16.4. The molecule has 0 bridgehead atoms. The van der Waals surface area contributed by atoms with Gasteiger partial charge in [0.25, 0.3) is 0 Å². The molecule has 0 spiro atoms. The highest BCUT2D eigenvalue weighted by Crippen LogP contribution is 2.31. The summed E-state index contributed by atoms with van der Waals surface area (Å²) in [7, 11) is 1.93. The number of benzene rings is 2. The first kappa shape index (κ1) is 19.6. The number of nitrogens with zero attached hydrogens (tertiary/aromatic N) is 3. The van der Waals surface area contributed by atoms with Gasteiger partial charge >= 0.3 is 5.97 Å². The molecular formula is C22H25N3O3. The Balaban J connectivity index is 1.91. The fourth-order valence-electron chi connectivity index (χ4n) is 3.10. The molecule has 1 N–H and O–H groups in total. The Morgan fingerprint density at radius 1 is 1.18 bits per heavy atom. The molecular weight excluding hydrogens is 354 g/mol. The van der Waals surface area contributed by atoms with Gasteiger partial charge in [-0.1, -0.05) is 31.5 Å². The lowest BCUT2D eigenvalue weighted by Gasteiger charge is -2.22. The standard InChI is InChI=1S/C22H25N3O3/c1-4-5-13-20(22(26)27)28-17-10-8-9-16(14-17)25(3)21-18-11-6-7-12-19(18)23-15(2)24-21/h6-12,14,20H,4-5,13H2,1-3H3,(H,26,27). The van der Waals surface area contributed by atoms with Gasteiger partial charge in [-0.15, -0.1) is 0 Å². The fourth-order valence-corrected chi connectivity index (χ4v) is 3.10. The number of carboxylic acid groups (broad SMARTS) is 1. The lowest BCUT2D eigenvalue weighted by molar-refractivity contribution is -0.145. The van der Waals surface area contributed by atoms with Gasteiger partial charge in [0.1, 0.15) is 17.4 Å². The van der Waals surface area contributed by atoms with Gasteiger partial charge in [-0.2, -0.15) is 0 Å². The van der Waals surface area contributed by atoms with Gasteiger partial charge in [0.05, 0.1) is 5.52 Å². The van der Waals surface area contributed by atoms with E-state index in [2.05, 4.69) is 9.97 Å². The molecule has 0 aliphatic heterocycles. The Morgan fingerprint density at radius 2 is 1.96 bits per heavy atom. The summed E-state index contributed by atoms with van der Waals surface area (Å²) in [6.07, 6.45) is 1.38. The van der Waals surface area contributed by atoms with E-state index in [0.29, 0.717) is 18.0 Å². The Morgan fingerprint density at radius 3 is 2.71 bits per heavy atom. The van der Waals surface area contributed by atoms with Crippen molar-refractivity contribution in [3.05, 3.63) is 54.4 Å². The number of para-hydroxylation sites is 1. The molecule has 0 aliphatic carbocycles. The van der Waals surface area contributed by atoms with Crippen molar-refractivity contribution >= 4 is 28.4 Å². The topological polar surface area (TPSA) is 75.5 Å². The number of carbonyl (C=O) groups is 1. The molecule has 6 nitrogen and oxygen atoms in total. The number of hydrogen-bond acceptors (Lipinski definition) is 5. The van der Waals surface area contributed by atoms with Crippen molar-refractivity contribution in [2.45, 2.75) is 39.2 Å². The highest BCUT2D eigenvalue weighted by molar-refractivity contribution is 5.91. The Bertz CT molecular complexity index is 974. The maximum Gasteiger partial charge on any atom is 0.344 e. The van der Waals surface area contributed by atoms with Crippen LogP contribution in [-0.4, -0.2) is 34.2 Å². The van der Waals surface area contributed by atoms with Crippen LogP contribution in [-0.2, 0) is 4.79 Å². The molecule has 1 atom stereocenters. The molecule has 0 fully saturated rings. The van der Waals surface area contributed by atoms with Gasteiger partial charge in [0, 0.05) is 24.2 Å². The van der Waals surface area contributed by atoms with E-state index < -0.39 is 12.1 Å². The summed E-state index contributed by atoms with van der Waals surface area (Å²) >= 11 is 0. The van der Waals surface area contributed by atoms with Gasteiger partial charge in [-0.05, 0) is 44.0 Å². The SMILES string of the molecule is CCCCC(Oc1cccc(N(C)c2nc(C)nc3ccccc23)c1)C(=O)O. The van der Waals surface area contributed by atoms with Crippen LogP contribution in [0.4, 0.5) is 11.5 Å². The number of aryl methyl sites for hydroxylation is 1. The second-order valence-electron chi connectivity index (χ2n) is 6.75. The number of anilines is 2. The van der Waals surface area contributed by atoms with E-state index in [-0.39, 0.29) is 0 Å². The molecule has 1 unspecified atom stereocenters. The lowest BCUT2D eigenvalue weighted by Crippen LogP contribution is -2.27. The van der Waals surface area contributed by atoms with Crippen molar-refractivity contribution in [1.82, 2.24) is 9.97 Å². The molecule has 2 aromatic carbocycles. The maximum atomic E-state index is 11.5. The Kier molecular flexibility index (Phi) is 6.09. The zero-order valence-corrected chi connectivity index (χ0v) is 16.4. The third-order valence-electron chi connectivity index (χ3n) is 4.59. The Labute approximate surface area is 164 Å². The van der Waals surface area contributed by atoms with E-state index in [0.717, 1.165) is 35.2 Å². The van der Waals surface area contributed by atoms with Crippen LogP contribution in [0.2, 0.25) is 0 Å². The summed E-state index contributed by atoms with van der Waals surface area (Å²) in [5, 5.41) is 10.4. The molecule has 1 aromatic heterocycles. The predicted molar refractivity (Wildman–Crippen MR) is 110 cm³/mol. The second kappa shape index (κ2) is 8.69. The third kappa shape index (κ3) is 4.39. The minimum atomic E-state index is -0.940. The predicted octanol–water partition coefficient (Wildman–Crippen LogP) is 4.73. The minimum Gasteiger partial charge on any atom is -0.479 e. The molecule has 0 saturated carbocycles. The summed E-state index contributed by atoms with van der Waals surface area (Å²) in [5.41, 5.74) is 1.75. The first-order valence-corrected chi connectivity index (χ1v) is 9.46. The summed E-state index contributed by atoms with van der Waals surface area (Å²) in [6.45, 7) is 3.90. The van der Waals surface area contributed by atoms with Crippen LogP contribution in [0.25, 0.3) is 10.9 Å². The van der Waals surface area contributed by atoms with Gasteiger partial charge in [0.2, 0.25) is 0 Å². The first-order valence-electron chi connectivity index (χ1n) is 9.46. The second-order valence-corrected chi connectivity index (χ2v) is 6.75. The number of carboxylic acids is 1. The number of aliphatic carboxylic acids is 1. The minimum absolute atomic E-state index is 0.488. The van der Waals surface area contributed by atoms with Crippen molar-refractivity contribution in [1.29, 1.82) is 0 Å². The average Bonchev–Trinajstić information content (AvgIpc) is 2.69. The number of hydrogen-bond donors (Lipinski definition) is 1. The average molecular weight is 379 g/mol. The largest absolute Gasteiger partial charge is 0.479 e. The number of aromatic nitrogens is 2. The van der Waals surface area contributed by atoms with Crippen LogP contribution >= 0.6 is 0 Å². The quantitative estimate of drug-likeness (QED) is 0.610. The summed E-state index contributed by atoms with van der Waals surface area (Å²) in [4.78, 5) is 22.6. The molecule has 3 aromatic rings. The molecule has 6 heteroatoms. The summed E-state index contributed by atoms with van der Waals surface area (Å²) in [6, 6.07) is 15.3. The van der Waals surface area contributed by atoms with E-state index in [1.54, 1.807) is 6.07 Å².